The van der Waals surface area contributed by atoms with E-state index in [-0.39, 0.29) is 12.2 Å². The number of esters is 1. The number of carbonyl (C=O) groups is 1. The monoisotopic (exact) mass is 379 g/mol. The van der Waals surface area contributed by atoms with Crippen LogP contribution in [-0.2, 0) is 16.0 Å². The fourth-order valence-corrected chi connectivity index (χ4v) is 4.34. The Labute approximate surface area is 156 Å². The number of nitrogens with zero attached hydrogens (tertiary/aromatic N) is 2. The summed E-state index contributed by atoms with van der Waals surface area (Å²) in [6.45, 7) is 4.99. The fourth-order valence-electron chi connectivity index (χ4n) is 3.25. The average Bonchev–Trinajstić information content (AvgIpc) is 2.78. The Balaban J connectivity index is 1.83. The van der Waals surface area contributed by atoms with Crippen LogP contribution in [0.15, 0.2) is 4.79 Å². The number of rotatable bonds is 6. The first-order valence-corrected chi connectivity index (χ1v) is 9.82. The number of aryl methyl sites for hydroxylation is 1. The number of likely N-dealkylation sites (tertiary alicyclic amines) is 1. The summed E-state index contributed by atoms with van der Waals surface area (Å²) in [4.78, 5) is 35.6. The molecule has 1 aliphatic heterocycles. The van der Waals surface area contributed by atoms with Gasteiger partial charge in [0.15, 0.2) is 0 Å². The Morgan fingerprint density at radius 3 is 2.65 bits per heavy atom. The van der Waals surface area contributed by atoms with Crippen LogP contribution >= 0.6 is 11.3 Å². The Morgan fingerprint density at radius 1 is 1.23 bits per heavy atom. The van der Waals surface area contributed by atoms with Gasteiger partial charge in [-0.05, 0) is 38.4 Å². The molecule has 2 aromatic rings. The molecule has 0 spiro atoms. The van der Waals surface area contributed by atoms with Crippen LogP contribution in [0.3, 0.4) is 0 Å². The van der Waals surface area contributed by atoms with Gasteiger partial charge in [0, 0.05) is 7.11 Å². The standard InChI is InChI=1S/C18H25N3O4S/c1-12-14-16(22)19-13(11-21-7-5-3-4-6-8-21)20-17(14)26-15(12)18(23)25-10-9-24-2/h3-11H2,1-2H3,(H,19,20,22). The summed E-state index contributed by atoms with van der Waals surface area (Å²) in [6.07, 6.45) is 4.89. The van der Waals surface area contributed by atoms with Gasteiger partial charge in [0.25, 0.3) is 5.56 Å². The fraction of sp³-hybridized carbons (Fsp3) is 0.611. The van der Waals surface area contributed by atoms with Crippen LogP contribution in [-0.4, -0.2) is 54.3 Å². The van der Waals surface area contributed by atoms with E-state index in [1.54, 1.807) is 14.0 Å². The highest BCUT2D eigenvalue weighted by Crippen LogP contribution is 2.27. The zero-order valence-corrected chi connectivity index (χ0v) is 16.1. The molecule has 0 atom stereocenters. The third-order valence-corrected chi connectivity index (χ3v) is 5.79. The third kappa shape index (κ3) is 4.31. The number of aromatic nitrogens is 2. The summed E-state index contributed by atoms with van der Waals surface area (Å²) >= 11 is 1.22. The smallest absolute Gasteiger partial charge is 0.348 e. The maximum atomic E-state index is 12.5. The van der Waals surface area contributed by atoms with E-state index in [2.05, 4.69) is 14.9 Å². The van der Waals surface area contributed by atoms with Crippen molar-refractivity contribution in [3.8, 4) is 0 Å². The molecule has 1 aliphatic rings. The van der Waals surface area contributed by atoms with Crippen LogP contribution in [0, 0.1) is 6.92 Å². The molecule has 0 unspecified atom stereocenters. The molecule has 8 heteroatoms. The van der Waals surface area contributed by atoms with Crippen LogP contribution in [0.1, 0.15) is 46.7 Å². The largest absolute Gasteiger partial charge is 0.459 e. The minimum Gasteiger partial charge on any atom is -0.459 e. The quantitative estimate of drug-likeness (QED) is 0.613. The second-order valence-corrected chi connectivity index (χ2v) is 7.57. The van der Waals surface area contributed by atoms with Crippen LogP contribution in [0.5, 0.6) is 0 Å². The zero-order valence-electron chi connectivity index (χ0n) is 15.3. The van der Waals surface area contributed by atoms with Crippen LogP contribution in [0.25, 0.3) is 10.2 Å². The van der Waals surface area contributed by atoms with E-state index in [9.17, 15) is 9.59 Å². The highest BCUT2D eigenvalue weighted by molar-refractivity contribution is 7.20. The number of fused-ring (bicyclic) bond motifs is 1. The van der Waals surface area contributed by atoms with Gasteiger partial charge in [-0.1, -0.05) is 12.8 Å². The van der Waals surface area contributed by atoms with Gasteiger partial charge in [0.1, 0.15) is 22.1 Å². The van der Waals surface area contributed by atoms with Crippen LogP contribution in [0.4, 0.5) is 0 Å². The van der Waals surface area contributed by atoms with Crippen molar-refractivity contribution in [2.45, 2.75) is 39.2 Å². The molecular weight excluding hydrogens is 354 g/mol. The predicted octanol–water partition coefficient (Wildman–Crippen LogP) is 2.47. The van der Waals surface area contributed by atoms with E-state index < -0.39 is 5.97 Å². The number of aromatic amines is 1. The van der Waals surface area contributed by atoms with Crippen molar-refractivity contribution in [1.82, 2.24) is 14.9 Å². The van der Waals surface area contributed by atoms with Gasteiger partial charge >= 0.3 is 5.97 Å². The highest BCUT2D eigenvalue weighted by Gasteiger charge is 2.21. The number of carbonyl (C=O) groups excluding carboxylic acids is 1. The lowest BCUT2D eigenvalue weighted by Crippen LogP contribution is -2.26. The average molecular weight is 379 g/mol. The molecule has 1 N–H and O–H groups in total. The SMILES string of the molecule is COCCOC(=O)c1sc2nc(CN3CCCCCC3)[nH]c(=O)c2c1C. The molecular formula is C18H25N3O4S. The first kappa shape index (κ1) is 19.0. The number of hydrogen-bond acceptors (Lipinski definition) is 7. The highest BCUT2D eigenvalue weighted by atomic mass is 32.1. The summed E-state index contributed by atoms with van der Waals surface area (Å²) < 4.78 is 10.1. The van der Waals surface area contributed by atoms with Crippen molar-refractivity contribution in [2.24, 2.45) is 0 Å². The predicted molar refractivity (Wildman–Crippen MR) is 101 cm³/mol. The molecule has 26 heavy (non-hydrogen) atoms. The van der Waals surface area contributed by atoms with Gasteiger partial charge < -0.3 is 14.5 Å². The molecule has 1 saturated heterocycles. The first-order valence-electron chi connectivity index (χ1n) is 9.01. The summed E-state index contributed by atoms with van der Waals surface area (Å²) in [7, 11) is 1.55. The molecule has 3 heterocycles. The van der Waals surface area contributed by atoms with Gasteiger partial charge in [0.05, 0.1) is 18.5 Å². The molecule has 0 radical (unpaired) electrons. The maximum absolute atomic E-state index is 12.5. The van der Waals surface area contributed by atoms with Crippen molar-refractivity contribution in [3.05, 3.63) is 26.6 Å². The Morgan fingerprint density at radius 2 is 1.96 bits per heavy atom. The normalized spacial score (nSPS) is 15.9. The topological polar surface area (TPSA) is 84.5 Å². The molecule has 0 aliphatic carbocycles. The number of thiophene rings is 1. The summed E-state index contributed by atoms with van der Waals surface area (Å²) in [5, 5.41) is 0.480. The van der Waals surface area contributed by atoms with Crippen LogP contribution in [0.2, 0.25) is 0 Å². The molecule has 0 aromatic carbocycles. The molecule has 142 valence electrons. The number of methoxy groups -OCH3 is 1. The van der Waals surface area contributed by atoms with Crippen molar-refractivity contribution in [1.29, 1.82) is 0 Å². The lowest BCUT2D eigenvalue weighted by molar-refractivity contribution is 0.0393. The van der Waals surface area contributed by atoms with Crippen LogP contribution < -0.4 is 5.56 Å². The summed E-state index contributed by atoms with van der Waals surface area (Å²) in [5.41, 5.74) is 0.437. The molecule has 0 amide bonds. The lowest BCUT2D eigenvalue weighted by atomic mass is 10.2. The van der Waals surface area contributed by atoms with E-state index in [1.807, 2.05) is 0 Å². The van der Waals surface area contributed by atoms with Gasteiger partial charge in [-0.3, -0.25) is 9.69 Å². The van der Waals surface area contributed by atoms with Gasteiger partial charge in [-0.25, -0.2) is 9.78 Å². The Kier molecular flexibility index (Phi) is 6.39. The number of ether oxygens (including phenoxy) is 2. The van der Waals surface area contributed by atoms with Crippen molar-refractivity contribution in [3.63, 3.8) is 0 Å². The summed E-state index contributed by atoms with van der Waals surface area (Å²) in [5.74, 6) is 0.223. The molecule has 2 aromatic heterocycles. The molecule has 0 saturated carbocycles. The number of H-pyrrole nitrogens is 1. The molecule has 1 fully saturated rings. The second kappa shape index (κ2) is 8.75. The first-order chi connectivity index (χ1) is 12.6. The van der Waals surface area contributed by atoms with Crippen molar-refractivity contribution >= 4 is 27.5 Å². The third-order valence-electron chi connectivity index (χ3n) is 4.63. The van der Waals surface area contributed by atoms with E-state index in [4.69, 9.17) is 9.47 Å². The minimum atomic E-state index is -0.434. The van der Waals surface area contributed by atoms with Gasteiger partial charge in [0.2, 0.25) is 0 Å². The van der Waals surface area contributed by atoms with Gasteiger partial charge in [-0.2, -0.15) is 0 Å². The van der Waals surface area contributed by atoms with Crippen molar-refractivity contribution in [2.75, 3.05) is 33.4 Å². The Bertz CT molecular complexity index is 822. The number of nitrogens with one attached hydrogen (secondary N) is 1. The van der Waals surface area contributed by atoms with Gasteiger partial charge in [-0.15, -0.1) is 11.3 Å². The molecule has 3 rings (SSSR count). The van der Waals surface area contributed by atoms with E-state index in [0.717, 1.165) is 13.1 Å². The minimum absolute atomic E-state index is 0.188. The lowest BCUT2D eigenvalue weighted by Gasteiger charge is -2.18. The maximum Gasteiger partial charge on any atom is 0.348 e. The van der Waals surface area contributed by atoms with E-state index >= 15 is 0 Å². The molecule has 0 bridgehead atoms. The summed E-state index contributed by atoms with van der Waals surface area (Å²) in [6, 6.07) is 0. The second-order valence-electron chi connectivity index (χ2n) is 6.57. The van der Waals surface area contributed by atoms with E-state index in [0.29, 0.717) is 39.6 Å². The Hall–Kier alpha value is -1.77. The van der Waals surface area contributed by atoms with E-state index in [1.165, 1.54) is 37.0 Å². The number of hydrogen-bond donors (Lipinski definition) is 1. The van der Waals surface area contributed by atoms with Crippen molar-refractivity contribution < 1.29 is 14.3 Å². The molecule has 7 nitrogen and oxygen atoms in total. The zero-order chi connectivity index (χ0) is 18.5.